The van der Waals surface area contributed by atoms with Gasteiger partial charge in [0.1, 0.15) is 0 Å². The summed E-state index contributed by atoms with van der Waals surface area (Å²) in [6.07, 6.45) is 19.4. The minimum atomic E-state index is -2.44. The molecule has 2 rings (SSSR count). The topological polar surface area (TPSA) is 18.5 Å². The number of hydrogen-bond donors (Lipinski definition) is 0. The van der Waals surface area contributed by atoms with Gasteiger partial charge in [0.05, 0.1) is 13.2 Å². The number of benzene rings is 2. The molecule has 0 aliphatic heterocycles. The van der Waals surface area contributed by atoms with E-state index < -0.39 is 8.32 Å². The molecule has 3 heteroatoms. The molecule has 0 bridgehead atoms. The molecule has 0 unspecified atom stereocenters. The van der Waals surface area contributed by atoms with E-state index in [1.807, 2.05) is 0 Å². The van der Waals surface area contributed by atoms with E-state index in [1.165, 1.54) is 93.8 Å². The van der Waals surface area contributed by atoms with Crippen LogP contribution in [0.25, 0.3) is 0 Å². The second-order valence-electron chi connectivity index (χ2n) is 11.7. The highest BCUT2D eigenvalue weighted by Gasteiger charge is 2.49. The molecule has 0 amide bonds. The van der Waals surface area contributed by atoms with Crippen molar-refractivity contribution in [3.8, 4) is 0 Å². The van der Waals surface area contributed by atoms with Crippen molar-refractivity contribution in [3.63, 3.8) is 0 Å². The summed E-state index contributed by atoms with van der Waals surface area (Å²) in [7, 11) is -2.44. The molecule has 0 heterocycles. The number of rotatable bonds is 21. The van der Waals surface area contributed by atoms with Crippen molar-refractivity contribution in [3.05, 3.63) is 60.7 Å². The minimum Gasteiger partial charge on any atom is -0.405 e. The molecule has 0 saturated carbocycles. The van der Waals surface area contributed by atoms with Crippen molar-refractivity contribution in [2.45, 2.75) is 123 Å². The maximum atomic E-state index is 6.90. The molecule has 208 valence electrons. The van der Waals surface area contributed by atoms with Crippen LogP contribution in [0, 0.1) is 0 Å². The first-order valence-corrected chi connectivity index (χ1v) is 17.3. The first kappa shape index (κ1) is 31.8. The maximum absolute atomic E-state index is 6.90. The Labute approximate surface area is 230 Å². The Kier molecular flexibility index (Phi) is 16.1. The highest BCUT2D eigenvalue weighted by molar-refractivity contribution is 6.99. The molecule has 0 atom stereocenters. The number of unbranched alkanes of at least 4 members (excludes halogenated alkanes) is 13. The molecule has 0 fully saturated rings. The number of hydrogen-bond acceptors (Lipinski definition) is 2. The van der Waals surface area contributed by atoms with E-state index in [1.54, 1.807) is 0 Å². The van der Waals surface area contributed by atoms with Crippen molar-refractivity contribution in [1.82, 2.24) is 0 Å². The summed E-state index contributed by atoms with van der Waals surface area (Å²) in [5.74, 6) is 0. The Morgan fingerprint density at radius 2 is 0.919 bits per heavy atom. The predicted octanol–water partition coefficient (Wildman–Crippen LogP) is 9.06. The van der Waals surface area contributed by atoms with Crippen molar-refractivity contribution < 1.29 is 9.16 Å². The molecule has 0 aromatic heterocycles. The lowest BCUT2D eigenvalue weighted by Crippen LogP contribution is -2.66. The lowest BCUT2D eigenvalue weighted by Gasteiger charge is -2.43. The van der Waals surface area contributed by atoms with Crippen molar-refractivity contribution in [2.24, 2.45) is 0 Å². The van der Waals surface area contributed by atoms with Crippen LogP contribution in [-0.2, 0) is 9.16 Å². The summed E-state index contributed by atoms with van der Waals surface area (Å²) in [6, 6.07) is 21.7. The summed E-state index contributed by atoms with van der Waals surface area (Å²) >= 11 is 0. The molecular formula is C34H56O2Si. The van der Waals surface area contributed by atoms with Crippen molar-refractivity contribution >= 4 is 18.7 Å². The molecule has 2 nitrogen and oxygen atoms in total. The van der Waals surface area contributed by atoms with Gasteiger partial charge in [0, 0.05) is 6.61 Å². The molecule has 0 saturated heterocycles. The van der Waals surface area contributed by atoms with Gasteiger partial charge in [0.2, 0.25) is 0 Å². The van der Waals surface area contributed by atoms with Crippen LogP contribution in [0.4, 0.5) is 0 Å². The van der Waals surface area contributed by atoms with Gasteiger partial charge >= 0.3 is 0 Å². The Morgan fingerprint density at radius 1 is 0.514 bits per heavy atom. The second kappa shape index (κ2) is 18.8. The van der Waals surface area contributed by atoms with E-state index in [2.05, 4.69) is 88.4 Å². The van der Waals surface area contributed by atoms with Gasteiger partial charge in [-0.25, -0.2) is 0 Å². The molecule has 0 radical (unpaired) electrons. The number of ether oxygens (including phenoxy) is 1. The maximum Gasteiger partial charge on any atom is 0.261 e. The van der Waals surface area contributed by atoms with E-state index in [4.69, 9.17) is 9.16 Å². The molecule has 37 heavy (non-hydrogen) atoms. The van der Waals surface area contributed by atoms with Crippen LogP contribution in [0.15, 0.2) is 60.7 Å². The molecule has 2 aromatic rings. The van der Waals surface area contributed by atoms with Crippen molar-refractivity contribution in [1.29, 1.82) is 0 Å². The largest absolute Gasteiger partial charge is 0.405 e. The Bertz CT molecular complexity index is 745. The fraction of sp³-hybridized carbons (Fsp3) is 0.647. The SMILES string of the molecule is CCCCCCCCCCCCCCCCOCCO[Si](c1ccccc1)(c1ccccc1)C(C)(C)C. The van der Waals surface area contributed by atoms with Crippen LogP contribution in [0.2, 0.25) is 5.04 Å². The Hall–Kier alpha value is -1.42. The first-order chi connectivity index (χ1) is 18.0. The summed E-state index contributed by atoms with van der Waals surface area (Å²) in [6.45, 7) is 11.4. The van der Waals surface area contributed by atoms with Crippen LogP contribution in [0.1, 0.15) is 118 Å². The van der Waals surface area contributed by atoms with Crippen LogP contribution in [0.3, 0.4) is 0 Å². The zero-order valence-electron chi connectivity index (χ0n) is 24.6. The Morgan fingerprint density at radius 3 is 1.32 bits per heavy atom. The third-order valence-corrected chi connectivity index (χ3v) is 12.6. The second-order valence-corrected chi connectivity index (χ2v) is 16.0. The molecule has 2 aromatic carbocycles. The van der Waals surface area contributed by atoms with Gasteiger partial charge in [-0.05, 0) is 21.8 Å². The smallest absolute Gasteiger partial charge is 0.261 e. The van der Waals surface area contributed by atoms with Gasteiger partial charge in [-0.1, -0.05) is 172 Å². The zero-order valence-corrected chi connectivity index (χ0v) is 25.6. The third-order valence-electron chi connectivity index (χ3n) is 7.61. The van der Waals surface area contributed by atoms with Crippen molar-refractivity contribution in [2.75, 3.05) is 19.8 Å². The third kappa shape index (κ3) is 11.5. The highest BCUT2D eigenvalue weighted by Crippen LogP contribution is 2.36. The molecular weight excluding hydrogens is 468 g/mol. The molecule has 0 spiro atoms. The van der Waals surface area contributed by atoms with Gasteiger partial charge < -0.3 is 9.16 Å². The standard InChI is InChI=1S/C34H56O2Si/c1-5-6-7-8-9-10-11-12-13-14-15-16-17-24-29-35-30-31-36-37(34(2,3)4,32-25-20-18-21-26-32)33-27-22-19-23-28-33/h18-23,25-28H,5-17,24,29-31H2,1-4H3. The fourth-order valence-electron chi connectivity index (χ4n) is 5.52. The normalized spacial score (nSPS) is 12.2. The van der Waals surface area contributed by atoms with Gasteiger partial charge in [-0.15, -0.1) is 0 Å². The lowest BCUT2D eigenvalue weighted by atomic mass is 10.0. The van der Waals surface area contributed by atoms with E-state index in [-0.39, 0.29) is 5.04 Å². The predicted molar refractivity (Wildman–Crippen MR) is 165 cm³/mol. The quantitative estimate of drug-likeness (QED) is 0.120. The van der Waals surface area contributed by atoms with E-state index in [0.29, 0.717) is 13.2 Å². The molecule has 0 aliphatic rings. The van der Waals surface area contributed by atoms with Crippen LogP contribution < -0.4 is 10.4 Å². The van der Waals surface area contributed by atoms with Gasteiger partial charge in [-0.2, -0.15) is 0 Å². The van der Waals surface area contributed by atoms with E-state index >= 15 is 0 Å². The molecule has 0 N–H and O–H groups in total. The van der Waals surface area contributed by atoms with E-state index in [9.17, 15) is 0 Å². The highest BCUT2D eigenvalue weighted by atomic mass is 28.4. The minimum absolute atomic E-state index is 0.0182. The average molecular weight is 525 g/mol. The summed E-state index contributed by atoms with van der Waals surface area (Å²) in [4.78, 5) is 0. The zero-order chi connectivity index (χ0) is 26.7. The van der Waals surface area contributed by atoms with E-state index in [0.717, 1.165) is 13.0 Å². The summed E-state index contributed by atoms with van der Waals surface area (Å²) in [5.41, 5.74) is 0. The van der Waals surface area contributed by atoms with Gasteiger partial charge in [0.15, 0.2) is 0 Å². The lowest BCUT2D eigenvalue weighted by molar-refractivity contribution is 0.0939. The summed E-state index contributed by atoms with van der Waals surface area (Å²) < 4.78 is 12.9. The monoisotopic (exact) mass is 524 g/mol. The van der Waals surface area contributed by atoms with Crippen LogP contribution in [-0.4, -0.2) is 28.1 Å². The van der Waals surface area contributed by atoms with Gasteiger partial charge in [-0.3, -0.25) is 0 Å². The fourth-order valence-corrected chi connectivity index (χ4v) is 10.1. The first-order valence-electron chi connectivity index (χ1n) is 15.3. The Balaban J connectivity index is 1.61. The van der Waals surface area contributed by atoms with Crippen LogP contribution in [0.5, 0.6) is 0 Å². The van der Waals surface area contributed by atoms with Crippen LogP contribution >= 0.6 is 0 Å². The van der Waals surface area contributed by atoms with Gasteiger partial charge in [0.25, 0.3) is 8.32 Å². The molecule has 0 aliphatic carbocycles. The summed E-state index contributed by atoms with van der Waals surface area (Å²) in [5, 5.41) is 2.69. The average Bonchev–Trinajstić information content (AvgIpc) is 2.90.